The fourth-order valence-electron chi connectivity index (χ4n) is 6.24. The van der Waals surface area contributed by atoms with Gasteiger partial charge in [-0.25, -0.2) is 0 Å². The van der Waals surface area contributed by atoms with Crippen molar-refractivity contribution in [1.29, 1.82) is 0 Å². The van der Waals surface area contributed by atoms with Crippen molar-refractivity contribution in [1.82, 2.24) is 0 Å². The molecule has 6 nitrogen and oxygen atoms in total. The fourth-order valence-corrected chi connectivity index (χ4v) is 9.39. The first-order chi connectivity index (χ1) is 23.8. The van der Waals surface area contributed by atoms with Crippen LogP contribution in [0.3, 0.4) is 0 Å². The summed E-state index contributed by atoms with van der Waals surface area (Å²) in [6.07, 6.45) is 25.4. The van der Waals surface area contributed by atoms with Crippen LogP contribution < -0.4 is 8.37 Å². The van der Waals surface area contributed by atoms with Crippen LogP contribution in [0, 0.1) is 0 Å². The molecule has 1 heterocycles. The smallest absolute Gasteiger partial charge is 0.339 e. The molecule has 0 N–H and O–H groups in total. The summed E-state index contributed by atoms with van der Waals surface area (Å²) in [6, 6.07) is 13.8. The third kappa shape index (κ3) is 15.2. The van der Waals surface area contributed by atoms with E-state index in [1.54, 1.807) is 24.3 Å². The van der Waals surface area contributed by atoms with Crippen LogP contribution in [0.1, 0.15) is 153 Å². The van der Waals surface area contributed by atoms with Gasteiger partial charge in [-0.2, -0.15) is 16.8 Å². The van der Waals surface area contributed by atoms with Gasteiger partial charge in [-0.05, 0) is 48.9 Å². The number of benzene rings is 2. The molecule has 2 aromatic carbocycles. The van der Waals surface area contributed by atoms with Crippen molar-refractivity contribution in [3.05, 3.63) is 70.4 Å². The van der Waals surface area contributed by atoms with Crippen LogP contribution >= 0.6 is 11.3 Å². The number of hydrogen-bond acceptors (Lipinski definition) is 7. The molecule has 3 aromatic rings. The molecule has 49 heavy (non-hydrogen) atoms. The highest BCUT2D eigenvalue weighted by atomic mass is 32.2. The molecule has 1 aromatic heterocycles. The van der Waals surface area contributed by atoms with Crippen molar-refractivity contribution in [2.45, 2.75) is 165 Å². The molecule has 0 atom stereocenters. The average Bonchev–Trinajstić information content (AvgIpc) is 3.51. The van der Waals surface area contributed by atoms with Gasteiger partial charge in [0, 0.05) is 10.8 Å². The van der Waals surface area contributed by atoms with E-state index in [-0.39, 0.29) is 21.3 Å². The first-order valence-electron chi connectivity index (χ1n) is 18.9. The van der Waals surface area contributed by atoms with Crippen molar-refractivity contribution in [3.63, 3.8) is 0 Å². The monoisotopic (exact) mass is 732 g/mol. The van der Waals surface area contributed by atoms with Crippen LogP contribution in [-0.4, -0.2) is 16.8 Å². The van der Waals surface area contributed by atoms with Crippen molar-refractivity contribution >= 4 is 31.6 Å². The van der Waals surface area contributed by atoms with Crippen molar-refractivity contribution in [2.75, 3.05) is 0 Å². The van der Waals surface area contributed by atoms with Crippen LogP contribution in [-0.2, 0) is 33.1 Å². The Labute approximate surface area is 302 Å². The largest absolute Gasteiger partial charge is 0.374 e. The van der Waals surface area contributed by atoms with E-state index in [1.165, 1.54) is 101 Å². The van der Waals surface area contributed by atoms with E-state index in [1.807, 2.05) is 24.3 Å². The normalized spacial score (nSPS) is 12.0. The Morgan fingerprint density at radius 3 is 1.10 bits per heavy atom. The molecule has 0 aliphatic heterocycles. The highest BCUT2D eigenvalue weighted by molar-refractivity contribution is 7.87. The topological polar surface area (TPSA) is 86.7 Å². The lowest BCUT2D eigenvalue weighted by Crippen LogP contribution is -2.15. The second-order valence-corrected chi connectivity index (χ2v) is 17.0. The van der Waals surface area contributed by atoms with Crippen molar-refractivity contribution in [3.8, 4) is 11.5 Å². The molecule has 9 heteroatoms. The van der Waals surface area contributed by atoms with Gasteiger partial charge in [0.05, 0.1) is 0 Å². The lowest BCUT2D eigenvalue weighted by atomic mass is 10.0. The molecule has 274 valence electrons. The third-order valence-corrected chi connectivity index (χ3v) is 12.4. The molecule has 0 unspecified atom stereocenters. The van der Waals surface area contributed by atoms with Crippen molar-refractivity contribution < 1.29 is 25.2 Å². The summed E-state index contributed by atoms with van der Waals surface area (Å²) in [5.74, 6) is -0.260. The summed E-state index contributed by atoms with van der Waals surface area (Å²) in [4.78, 5) is 0.209. The van der Waals surface area contributed by atoms with E-state index in [0.29, 0.717) is 24.0 Å². The van der Waals surface area contributed by atoms with Gasteiger partial charge in [0.25, 0.3) is 0 Å². The predicted octanol–water partition coefficient (Wildman–Crippen LogP) is 12.2. The number of thiophene rings is 1. The minimum Gasteiger partial charge on any atom is -0.374 e. The van der Waals surface area contributed by atoms with Gasteiger partial charge in [-0.1, -0.05) is 166 Å². The first-order valence-corrected chi connectivity index (χ1v) is 22.7. The van der Waals surface area contributed by atoms with Gasteiger partial charge >= 0.3 is 20.2 Å². The van der Waals surface area contributed by atoms with E-state index in [2.05, 4.69) is 13.8 Å². The van der Waals surface area contributed by atoms with Crippen LogP contribution in [0.25, 0.3) is 0 Å². The molecule has 0 bridgehead atoms. The molecule has 0 radical (unpaired) electrons. The minimum atomic E-state index is -4.22. The molecule has 0 aliphatic carbocycles. The Kier molecular flexibility index (Phi) is 19.4. The highest BCUT2D eigenvalue weighted by Gasteiger charge is 2.27. The standard InChI is InChI=1S/C40H60O6S3/c1-3-5-7-9-11-13-15-17-19-21-27-35-29-23-25-31-39(35)48(41,42)45-37-33-47-34-38(37)46-49(43,44)40-32-26-24-30-36(40)28-22-20-18-16-14-12-10-8-6-4-2/h23-26,29-34H,3-22,27-28H2,1-2H3. The maximum atomic E-state index is 13.5. The van der Waals surface area contributed by atoms with Gasteiger partial charge < -0.3 is 8.37 Å². The fraction of sp³-hybridized carbons (Fsp3) is 0.600. The maximum absolute atomic E-state index is 13.5. The number of rotatable bonds is 28. The quantitative estimate of drug-likeness (QED) is 0.0545. The lowest BCUT2D eigenvalue weighted by Gasteiger charge is -2.14. The Balaban J connectivity index is 1.53. The summed E-state index contributed by atoms with van der Waals surface area (Å²) in [7, 11) is -8.45. The van der Waals surface area contributed by atoms with Crippen molar-refractivity contribution in [2.24, 2.45) is 0 Å². The zero-order valence-corrected chi connectivity index (χ0v) is 32.5. The van der Waals surface area contributed by atoms with Gasteiger partial charge in [-0.3, -0.25) is 0 Å². The Hall–Kier alpha value is -2.36. The first kappa shape index (κ1) is 41.1. The van der Waals surface area contributed by atoms with Crippen LogP contribution in [0.5, 0.6) is 11.5 Å². The van der Waals surface area contributed by atoms with E-state index in [9.17, 15) is 16.8 Å². The molecule has 0 saturated carbocycles. The van der Waals surface area contributed by atoms with Crippen LogP contribution in [0.2, 0.25) is 0 Å². The summed E-state index contributed by atoms with van der Waals surface area (Å²) in [6.45, 7) is 4.47. The Morgan fingerprint density at radius 1 is 0.449 bits per heavy atom. The molecule has 0 saturated heterocycles. The van der Waals surface area contributed by atoms with Gasteiger partial charge in [0.2, 0.25) is 0 Å². The second-order valence-electron chi connectivity index (χ2n) is 13.3. The molecule has 0 spiro atoms. The molecular weight excluding hydrogens is 673 g/mol. The number of aryl methyl sites for hydroxylation is 2. The summed E-state index contributed by atoms with van der Waals surface area (Å²) >= 11 is 1.12. The molecule has 0 aliphatic rings. The average molecular weight is 733 g/mol. The van der Waals surface area contributed by atoms with E-state index < -0.39 is 20.2 Å². The molecule has 3 rings (SSSR count). The van der Waals surface area contributed by atoms with Gasteiger partial charge in [-0.15, -0.1) is 11.3 Å². The zero-order chi connectivity index (χ0) is 35.2. The van der Waals surface area contributed by atoms with E-state index >= 15 is 0 Å². The summed E-state index contributed by atoms with van der Waals surface area (Å²) in [5, 5.41) is 2.92. The van der Waals surface area contributed by atoms with Crippen LogP contribution in [0.4, 0.5) is 0 Å². The van der Waals surface area contributed by atoms with E-state index in [4.69, 9.17) is 8.37 Å². The van der Waals surface area contributed by atoms with Gasteiger partial charge in [0.15, 0.2) is 11.5 Å². The van der Waals surface area contributed by atoms with E-state index in [0.717, 1.165) is 49.9 Å². The SMILES string of the molecule is CCCCCCCCCCCCc1ccccc1S(=O)(=O)Oc1cscc1OS(=O)(=O)c1ccccc1CCCCCCCCCCCC. The minimum absolute atomic E-state index is 0.104. The Morgan fingerprint density at radius 2 is 0.755 bits per heavy atom. The molecule has 0 amide bonds. The summed E-state index contributed by atoms with van der Waals surface area (Å²) in [5.41, 5.74) is 1.40. The maximum Gasteiger partial charge on any atom is 0.339 e. The second kappa shape index (κ2) is 23.2. The summed E-state index contributed by atoms with van der Waals surface area (Å²) < 4.78 is 65.1. The Bertz CT molecular complexity index is 1430. The predicted molar refractivity (Wildman–Crippen MR) is 204 cm³/mol. The zero-order valence-electron chi connectivity index (χ0n) is 30.0. The highest BCUT2D eigenvalue weighted by Crippen LogP contribution is 2.37. The molecule has 0 fully saturated rings. The third-order valence-electron chi connectivity index (χ3n) is 9.08. The number of hydrogen-bond donors (Lipinski definition) is 0. The van der Waals surface area contributed by atoms with Crippen LogP contribution in [0.15, 0.2) is 69.1 Å². The molecular formula is C40H60O6S3. The lowest BCUT2D eigenvalue weighted by molar-refractivity contribution is 0.450. The van der Waals surface area contributed by atoms with Gasteiger partial charge in [0.1, 0.15) is 9.79 Å². The number of unbranched alkanes of at least 4 members (excludes halogenated alkanes) is 18.